The Morgan fingerprint density at radius 1 is 1.00 bits per heavy atom. The smallest absolute Gasteiger partial charge is 0.339 e. The molecule has 40 heavy (non-hydrogen) atoms. The van der Waals surface area contributed by atoms with E-state index in [1.165, 1.54) is 37.3 Å². The fourth-order valence-corrected chi connectivity index (χ4v) is 6.88. The predicted octanol–water partition coefficient (Wildman–Crippen LogP) is 5.02. The van der Waals surface area contributed by atoms with Crippen LogP contribution < -0.4 is 10.9 Å². The Morgan fingerprint density at radius 2 is 1.75 bits per heavy atom. The van der Waals surface area contributed by atoms with Crippen molar-refractivity contribution in [2.75, 3.05) is 25.3 Å². The molecule has 2 heterocycles. The molecule has 0 unspecified atom stereocenters. The number of nitrogens with one attached hydrogen (secondary N) is 1. The van der Waals surface area contributed by atoms with E-state index in [1.54, 1.807) is 15.9 Å². The summed E-state index contributed by atoms with van der Waals surface area (Å²) in [5.74, 6) is -1.83. The molecule has 1 N–H and O–H groups in total. The molecule has 1 amide bonds. The monoisotopic (exact) mass is 577 g/mol. The number of methoxy groups -OCH3 is 2. The Kier molecular flexibility index (Phi) is 8.32. The average Bonchev–Trinajstić information content (AvgIpc) is 3.16. The van der Waals surface area contributed by atoms with Crippen LogP contribution in [0.1, 0.15) is 50.4 Å². The van der Waals surface area contributed by atoms with Crippen LogP contribution in [0.15, 0.2) is 58.5 Å². The van der Waals surface area contributed by atoms with E-state index in [2.05, 4.69) is 5.32 Å². The number of aryl methyl sites for hydroxylation is 2. The topological polar surface area (TPSA) is 117 Å². The molecular formula is C29H27N3O6S2. The molecule has 0 spiro atoms. The van der Waals surface area contributed by atoms with Gasteiger partial charge in [-0.05, 0) is 61.6 Å². The summed E-state index contributed by atoms with van der Waals surface area (Å²) >= 11 is 2.68. The summed E-state index contributed by atoms with van der Waals surface area (Å²) in [6.45, 7) is 0. The van der Waals surface area contributed by atoms with Crippen LogP contribution in [0.25, 0.3) is 15.9 Å². The Balaban J connectivity index is 1.48. The van der Waals surface area contributed by atoms with E-state index < -0.39 is 17.8 Å². The van der Waals surface area contributed by atoms with Crippen molar-refractivity contribution in [2.24, 2.45) is 0 Å². The summed E-state index contributed by atoms with van der Waals surface area (Å²) in [5.41, 5.74) is 2.00. The van der Waals surface area contributed by atoms with E-state index in [0.717, 1.165) is 49.4 Å². The Hall–Kier alpha value is -3.96. The quantitative estimate of drug-likeness (QED) is 0.141. The number of hydrogen-bond acceptors (Lipinski definition) is 9. The van der Waals surface area contributed by atoms with Gasteiger partial charge in [-0.1, -0.05) is 36.4 Å². The zero-order valence-electron chi connectivity index (χ0n) is 22.0. The van der Waals surface area contributed by atoms with Crippen molar-refractivity contribution in [1.82, 2.24) is 9.55 Å². The van der Waals surface area contributed by atoms with Gasteiger partial charge in [-0.2, -0.15) is 0 Å². The number of hydrogen-bond donors (Lipinski definition) is 1. The van der Waals surface area contributed by atoms with Gasteiger partial charge in [0.05, 0.1) is 47.9 Å². The molecule has 9 nitrogen and oxygen atoms in total. The van der Waals surface area contributed by atoms with Gasteiger partial charge >= 0.3 is 11.9 Å². The summed E-state index contributed by atoms with van der Waals surface area (Å²) in [4.78, 5) is 58.1. The lowest BCUT2D eigenvalue weighted by atomic mass is 10.1. The highest BCUT2D eigenvalue weighted by molar-refractivity contribution is 7.99. The number of thiophene rings is 1. The van der Waals surface area contributed by atoms with E-state index in [4.69, 9.17) is 14.5 Å². The Labute approximate surface area is 238 Å². The van der Waals surface area contributed by atoms with Gasteiger partial charge in [0, 0.05) is 4.88 Å². The maximum absolute atomic E-state index is 13.9. The van der Waals surface area contributed by atoms with Gasteiger partial charge in [-0.3, -0.25) is 14.2 Å². The third kappa shape index (κ3) is 5.52. The lowest BCUT2D eigenvalue weighted by Crippen LogP contribution is -2.23. The molecular weight excluding hydrogens is 550 g/mol. The highest BCUT2D eigenvalue weighted by atomic mass is 32.2. The first kappa shape index (κ1) is 27.6. The highest BCUT2D eigenvalue weighted by Crippen LogP contribution is 2.34. The van der Waals surface area contributed by atoms with Crippen LogP contribution in [-0.4, -0.2) is 47.4 Å². The Bertz CT molecular complexity index is 1660. The number of para-hydroxylation sites is 1. The molecule has 0 saturated carbocycles. The first-order chi connectivity index (χ1) is 19.4. The molecule has 11 heteroatoms. The molecule has 0 fully saturated rings. The van der Waals surface area contributed by atoms with E-state index in [0.29, 0.717) is 21.1 Å². The van der Waals surface area contributed by atoms with Crippen molar-refractivity contribution < 1.29 is 23.9 Å². The van der Waals surface area contributed by atoms with Crippen molar-refractivity contribution in [3.63, 3.8) is 0 Å². The zero-order chi connectivity index (χ0) is 28.2. The van der Waals surface area contributed by atoms with E-state index >= 15 is 0 Å². The molecule has 0 saturated heterocycles. The second-order valence-corrected chi connectivity index (χ2v) is 11.2. The van der Waals surface area contributed by atoms with E-state index in [9.17, 15) is 19.2 Å². The van der Waals surface area contributed by atoms with Crippen LogP contribution in [0.4, 0.5) is 5.69 Å². The standard InChI is InChI=1S/C29H27N3O6S2/c1-37-27(35)17-13-14-19(28(36)38-2)21(15-17)30-23(33)16-39-29-31-25-24(20-11-7-4-8-12-22(20)40-25)26(34)32(29)18-9-5-3-6-10-18/h3,5-6,9-10,13-15H,4,7-8,11-12,16H2,1-2H3,(H,30,33). The van der Waals surface area contributed by atoms with Gasteiger partial charge in [0.25, 0.3) is 5.56 Å². The van der Waals surface area contributed by atoms with Gasteiger partial charge < -0.3 is 14.8 Å². The number of nitrogens with zero attached hydrogens (tertiary/aromatic N) is 2. The maximum Gasteiger partial charge on any atom is 0.339 e. The lowest BCUT2D eigenvalue weighted by Gasteiger charge is -2.14. The average molecular weight is 578 g/mol. The van der Waals surface area contributed by atoms with Crippen molar-refractivity contribution in [3.8, 4) is 5.69 Å². The number of aromatic nitrogens is 2. The SMILES string of the molecule is COC(=O)c1ccc(C(=O)OC)c(NC(=O)CSc2nc3sc4c(c3c(=O)n2-c2ccccc2)CCCCC4)c1. The first-order valence-electron chi connectivity index (χ1n) is 12.8. The number of fused-ring (bicyclic) bond motifs is 3. The van der Waals surface area contributed by atoms with Crippen LogP contribution in [0.2, 0.25) is 0 Å². The second-order valence-electron chi connectivity index (χ2n) is 9.20. The number of amides is 1. The van der Waals surface area contributed by atoms with E-state index in [-0.39, 0.29) is 28.1 Å². The van der Waals surface area contributed by atoms with Gasteiger partial charge in [-0.15, -0.1) is 11.3 Å². The minimum absolute atomic E-state index is 0.0920. The fourth-order valence-electron chi connectivity index (χ4n) is 4.76. The number of benzene rings is 2. The predicted molar refractivity (Wildman–Crippen MR) is 155 cm³/mol. The molecule has 2 aromatic heterocycles. The fraction of sp³-hybridized carbons (Fsp3) is 0.276. The molecule has 0 bridgehead atoms. The van der Waals surface area contributed by atoms with Crippen molar-refractivity contribution in [3.05, 3.63) is 80.5 Å². The number of carbonyl (C=O) groups excluding carboxylic acids is 3. The third-order valence-electron chi connectivity index (χ3n) is 6.67. The van der Waals surface area contributed by atoms with Gasteiger partial charge in [-0.25, -0.2) is 14.6 Å². The molecule has 0 radical (unpaired) electrons. The molecule has 0 aliphatic heterocycles. The summed E-state index contributed by atoms with van der Waals surface area (Å²) in [5, 5.41) is 3.76. The van der Waals surface area contributed by atoms with Gasteiger partial charge in [0.15, 0.2) is 5.16 Å². The van der Waals surface area contributed by atoms with Gasteiger partial charge in [0.1, 0.15) is 4.83 Å². The van der Waals surface area contributed by atoms with Crippen LogP contribution >= 0.6 is 23.1 Å². The van der Waals surface area contributed by atoms with Crippen LogP contribution in [-0.2, 0) is 27.1 Å². The number of thioether (sulfide) groups is 1. The number of rotatable bonds is 7. The summed E-state index contributed by atoms with van der Waals surface area (Å²) in [6, 6.07) is 13.4. The first-order valence-corrected chi connectivity index (χ1v) is 14.6. The number of anilines is 1. The van der Waals surface area contributed by atoms with Crippen LogP contribution in [0, 0.1) is 0 Å². The molecule has 206 valence electrons. The molecule has 1 aliphatic rings. The molecule has 0 atom stereocenters. The number of ether oxygens (including phenoxy) is 2. The van der Waals surface area contributed by atoms with Crippen molar-refractivity contribution in [1.29, 1.82) is 0 Å². The largest absolute Gasteiger partial charge is 0.465 e. The van der Waals surface area contributed by atoms with Crippen LogP contribution in [0.3, 0.4) is 0 Å². The second kappa shape index (κ2) is 12.1. The normalized spacial score (nSPS) is 12.8. The molecule has 5 rings (SSSR count). The molecule has 1 aliphatic carbocycles. The van der Waals surface area contributed by atoms with E-state index in [1.807, 2.05) is 30.3 Å². The third-order valence-corrected chi connectivity index (χ3v) is 8.80. The summed E-state index contributed by atoms with van der Waals surface area (Å²) in [7, 11) is 2.47. The maximum atomic E-state index is 13.9. The highest BCUT2D eigenvalue weighted by Gasteiger charge is 2.23. The summed E-state index contributed by atoms with van der Waals surface area (Å²) in [6.07, 6.45) is 5.10. The zero-order valence-corrected chi connectivity index (χ0v) is 23.7. The molecule has 2 aromatic carbocycles. The molecule has 4 aromatic rings. The minimum Gasteiger partial charge on any atom is -0.465 e. The number of carbonyl (C=O) groups is 3. The van der Waals surface area contributed by atoms with Crippen LogP contribution in [0.5, 0.6) is 0 Å². The number of esters is 2. The van der Waals surface area contributed by atoms with Crippen molar-refractivity contribution >= 4 is 56.8 Å². The lowest BCUT2D eigenvalue weighted by molar-refractivity contribution is -0.113. The van der Waals surface area contributed by atoms with Crippen molar-refractivity contribution in [2.45, 2.75) is 37.3 Å². The Morgan fingerprint density at radius 3 is 2.50 bits per heavy atom. The minimum atomic E-state index is -0.665. The van der Waals surface area contributed by atoms with Gasteiger partial charge in [0.2, 0.25) is 5.91 Å². The summed E-state index contributed by atoms with van der Waals surface area (Å²) < 4.78 is 11.1.